The lowest BCUT2D eigenvalue weighted by Crippen LogP contribution is -2.33. The summed E-state index contributed by atoms with van der Waals surface area (Å²) < 4.78 is 0. The van der Waals surface area contributed by atoms with Crippen molar-refractivity contribution >= 4 is 17.5 Å². The van der Waals surface area contributed by atoms with Crippen molar-refractivity contribution in [1.82, 2.24) is 9.88 Å². The smallest absolute Gasteiger partial charge is 0.276 e. The molecule has 2 amide bonds. The van der Waals surface area contributed by atoms with Gasteiger partial charge in [0.1, 0.15) is 11.4 Å². The lowest BCUT2D eigenvalue weighted by Gasteiger charge is -2.21. The third-order valence-corrected chi connectivity index (χ3v) is 4.26. The van der Waals surface area contributed by atoms with Crippen LogP contribution in [0.1, 0.15) is 53.2 Å². The first-order valence-electron chi connectivity index (χ1n) is 9.09. The molecule has 0 aliphatic rings. The normalized spacial score (nSPS) is 10.5. The quantitative estimate of drug-likeness (QED) is 0.758. The molecule has 0 spiro atoms. The molecule has 138 valence electrons. The van der Waals surface area contributed by atoms with E-state index in [1.54, 1.807) is 35.0 Å². The molecule has 1 aromatic carbocycles. The molecule has 0 bridgehead atoms. The number of amides is 2. The molecule has 0 unspecified atom stereocenters. The summed E-state index contributed by atoms with van der Waals surface area (Å²) >= 11 is 0. The maximum Gasteiger partial charge on any atom is 0.276 e. The number of unbranched alkanes of at least 4 members (excludes halogenated alkanes) is 1. The summed E-state index contributed by atoms with van der Waals surface area (Å²) in [5, 5.41) is 0. The van der Waals surface area contributed by atoms with Crippen LogP contribution in [0.3, 0.4) is 0 Å². The van der Waals surface area contributed by atoms with Crippen molar-refractivity contribution in [2.75, 3.05) is 25.0 Å². The van der Waals surface area contributed by atoms with Crippen LogP contribution in [0.15, 0.2) is 42.5 Å². The van der Waals surface area contributed by atoms with Crippen molar-refractivity contribution in [3.63, 3.8) is 0 Å². The highest BCUT2D eigenvalue weighted by Gasteiger charge is 2.20. The Labute approximate surface area is 155 Å². The Bertz CT molecular complexity index is 773. The number of carbonyl (C=O) groups is 2. The van der Waals surface area contributed by atoms with E-state index in [0.29, 0.717) is 18.8 Å². The van der Waals surface area contributed by atoms with Crippen molar-refractivity contribution in [3.05, 3.63) is 59.4 Å². The van der Waals surface area contributed by atoms with E-state index in [9.17, 15) is 9.59 Å². The molecule has 0 N–H and O–H groups in total. The van der Waals surface area contributed by atoms with E-state index in [-0.39, 0.29) is 17.5 Å². The summed E-state index contributed by atoms with van der Waals surface area (Å²) in [6.07, 6.45) is 1.96. The van der Waals surface area contributed by atoms with Crippen LogP contribution < -0.4 is 4.90 Å². The molecule has 0 aliphatic carbocycles. The largest absolute Gasteiger partial charge is 0.340 e. The van der Waals surface area contributed by atoms with Crippen molar-refractivity contribution in [2.45, 2.75) is 33.6 Å². The second-order valence-corrected chi connectivity index (χ2v) is 6.38. The first kappa shape index (κ1) is 19.6. The maximum absolute atomic E-state index is 12.9. The zero-order chi connectivity index (χ0) is 19.1. The topological polar surface area (TPSA) is 53.5 Å². The molecule has 2 aromatic rings. The van der Waals surface area contributed by atoms with Crippen LogP contribution in [0.2, 0.25) is 0 Å². The minimum atomic E-state index is -0.205. The van der Waals surface area contributed by atoms with Gasteiger partial charge in [-0.3, -0.25) is 9.59 Å². The SMILES string of the molecule is CCCCN(C)C(=O)c1cccc(C(=O)N(CC)c2cccc(C)c2)n1. The van der Waals surface area contributed by atoms with Crippen LogP contribution in [0.5, 0.6) is 0 Å². The van der Waals surface area contributed by atoms with Gasteiger partial charge >= 0.3 is 0 Å². The fraction of sp³-hybridized carbons (Fsp3) is 0.381. The van der Waals surface area contributed by atoms with Gasteiger partial charge in [-0.1, -0.05) is 31.5 Å². The molecule has 1 heterocycles. The minimum Gasteiger partial charge on any atom is -0.340 e. The fourth-order valence-corrected chi connectivity index (χ4v) is 2.74. The van der Waals surface area contributed by atoms with E-state index in [1.165, 1.54) is 0 Å². The van der Waals surface area contributed by atoms with Crippen LogP contribution in [0, 0.1) is 6.92 Å². The van der Waals surface area contributed by atoms with E-state index >= 15 is 0 Å². The fourth-order valence-electron chi connectivity index (χ4n) is 2.74. The summed E-state index contributed by atoms with van der Waals surface area (Å²) in [5.74, 6) is -0.365. The molecule has 0 fully saturated rings. The number of pyridine rings is 1. The molecule has 0 radical (unpaired) electrons. The van der Waals surface area contributed by atoms with E-state index in [0.717, 1.165) is 24.1 Å². The number of hydrogen-bond acceptors (Lipinski definition) is 3. The molecule has 5 heteroatoms. The van der Waals surface area contributed by atoms with E-state index in [4.69, 9.17) is 0 Å². The Hall–Kier alpha value is -2.69. The Morgan fingerprint density at radius 2 is 1.65 bits per heavy atom. The average molecular weight is 353 g/mol. The Balaban J connectivity index is 2.25. The van der Waals surface area contributed by atoms with E-state index < -0.39 is 0 Å². The van der Waals surface area contributed by atoms with Gasteiger partial charge in [0.25, 0.3) is 11.8 Å². The van der Waals surface area contributed by atoms with Gasteiger partial charge in [-0.05, 0) is 50.1 Å². The van der Waals surface area contributed by atoms with Crippen LogP contribution >= 0.6 is 0 Å². The number of rotatable bonds is 7. The molecule has 0 saturated carbocycles. The zero-order valence-electron chi connectivity index (χ0n) is 16.0. The van der Waals surface area contributed by atoms with Gasteiger partial charge in [-0.15, -0.1) is 0 Å². The lowest BCUT2D eigenvalue weighted by atomic mass is 10.2. The number of aryl methyl sites for hydroxylation is 1. The van der Waals surface area contributed by atoms with Gasteiger partial charge < -0.3 is 9.80 Å². The van der Waals surface area contributed by atoms with Gasteiger partial charge in [0.15, 0.2) is 0 Å². The Morgan fingerprint density at radius 1 is 1.00 bits per heavy atom. The third-order valence-electron chi connectivity index (χ3n) is 4.26. The number of benzene rings is 1. The Morgan fingerprint density at radius 3 is 2.27 bits per heavy atom. The highest BCUT2D eigenvalue weighted by Crippen LogP contribution is 2.18. The van der Waals surface area contributed by atoms with Crippen LogP contribution in [-0.2, 0) is 0 Å². The average Bonchev–Trinajstić information content (AvgIpc) is 2.66. The first-order chi connectivity index (χ1) is 12.5. The van der Waals surface area contributed by atoms with Crippen molar-refractivity contribution < 1.29 is 9.59 Å². The second kappa shape index (κ2) is 9.13. The van der Waals surface area contributed by atoms with Gasteiger partial charge in [0, 0.05) is 25.8 Å². The minimum absolute atomic E-state index is 0.160. The van der Waals surface area contributed by atoms with Crippen molar-refractivity contribution in [3.8, 4) is 0 Å². The van der Waals surface area contributed by atoms with Gasteiger partial charge in [-0.2, -0.15) is 0 Å². The molecule has 1 aromatic heterocycles. The van der Waals surface area contributed by atoms with Gasteiger partial charge in [0.2, 0.25) is 0 Å². The Kier molecular flexibility index (Phi) is 6.89. The lowest BCUT2D eigenvalue weighted by molar-refractivity contribution is 0.0787. The molecule has 0 aliphatic heterocycles. The molecule has 5 nitrogen and oxygen atoms in total. The molecule has 0 atom stereocenters. The predicted octanol–water partition coefficient (Wildman–Crippen LogP) is 3.93. The summed E-state index contributed by atoms with van der Waals surface area (Å²) in [6.45, 7) is 7.21. The van der Waals surface area contributed by atoms with E-state index in [2.05, 4.69) is 11.9 Å². The summed E-state index contributed by atoms with van der Waals surface area (Å²) in [7, 11) is 1.76. The third kappa shape index (κ3) is 4.69. The number of aromatic nitrogens is 1. The molecule has 26 heavy (non-hydrogen) atoms. The molecular weight excluding hydrogens is 326 g/mol. The van der Waals surface area contributed by atoms with Crippen LogP contribution in [-0.4, -0.2) is 41.8 Å². The molecule has 2 rings (SSSR count). The molecule has 0 saturated heterocycles. The van der Waals surface area contributed by atoms with Gasteiger partial charge in [0.05, 0.1) is 0 Å². The number of carbonyl (C=O) groups excluding carboxylic acids is 2. The van der Waals surface area contributed by atoms with Crippen molar-refractivity contribution in [2.24, 2.45) is 0 Å². The van der Waals surface area contributed by atoms with Gasteiger partial charge in [-0.25, -0.2) is 4.98 Å². The number of nitrogens with zero attached hydrogens (tertiary/aromatic N) is 3. The molecular formula is C21H27N3O2. The summed E-state index contributed by atoms with van der Waals surface area (Å²) in [6, 6.07) is 12.8. The predicted molar refractivity (Wildman–Crippen MR) is 105 cm³/mol. The summed E-state index contributed by atoms with van der Waals surface area (Å²) in [4.78, 5) is 33.1. The second-order valence-electron chi connectivity index (χ2n) is 6.38. The first-order valence-corrected chi connectivity index (χ1v) is 9.09. The van der Waals surface area contributed by atoms with Crippen LogP contribution in [0.25, 0.3) is 0 Å². The maximum atomic E-state index is 12.9. The highest BCUT2D eigenvalue weighted by molar-refractivity contribution is 6.05. The summed E-state index contributed by atoms with van der Waals surface area (Å²) in [5.41, 5.74) is 2.50. The van der Waals surface area contributed by atoms with Crippen LogP contribution in [0.4, 0.5) is 5.69 Å². The highest BCUT2D eigenvalue weighted by atomic mass is 16.2. The number of anilines is 1. The van der Waals surface area contributed by atoms with E-state index in [1.807, 2.05) is 38.1 Å². The standard InChI is InChI=1S/C21H27N3O2/c1-5-7-14-23(4)20(25)18-12-9-13-19(22-18)21(26)24(6-2)17-11-8-10-16(3)15-17/h8-13,15H,5-7,14H2,1-4H3. The van der Waals surface area contributed by atoms with Crippen molar-refractivity contribution in [1.29, 1.82) is 0 Å². The monoisotopic (exact) mass is 353 g/mol. The zero-order valence-corrected chi connectivity index (χ0v) is 16.0. The number of hydrogen-bond donors (Lipinski definition) is 0.